The van der Waals surface area contributed by atoms with Crippen LogP contribution in [0.1, 0.15) is 86.0 Å². The van der Waals surface area contributed by atoms with Gasteiger partial charge in [0.15, 0.2) is 18.9 Å². The Bertz CT molecular complexity index is 2420. The summed E-state index contributed by atoms with van der Waals surface area (Å²) in [5.41, 5.74) is 0. The average molecular weight is 1400 g/mol. The van der Waals surface area contributed by atoms with Crippen molar-refractivity contribution in [3.8, 4) is 0 Å². The van der Waals surface area contributed by atoms with Crippen molar-refractivity contribution in [2.24, 2.45) is 5.92 Å². The minimum atomic E-state index is -4.40. The number of hydrogen-bond donors (Lipinski definition) is 18. The molecular weight excluding hydrogens is 1300 g/mol. The van der Waals surface area contributed by atoms with Crippen LogP contribution in [0, 0.1) is 5.92 Å². The Balaban J connectivity index is 1.37. The van der Waals surface area contributed by atoms with Gasteiger partial charge in [-0.2, -0.15) is 0 Å². The van der Waals surface area contributed by atoms with Gasteiger partial charge in [0.25, 0.3) is 0 Å². The molecule has 39 heteroatoms. The quantitative estimate of drug-likeness (QED) is 0.0199. The second-order valence-corrected chi connectivity index (χ2v) is 24.5. The molecule has 6 unspecified atom stereocenters. The van der Waals surface area contributed by atoms with Gasteiger partial charge < -0.3 is 136 Å². The molecule has 3 aliphatic heterocycles. The van der Waals surface area contributed by atoms with Crippen LogP contribution in [0.5, 0.6) is 0 Å². The topological polar surface area (TPSA) is 554 Å². The Labute approximate surface area is 548 Å². The van der Waals surface area contributed by atoms with E-state index in [0.717, 1.165) is 0 Å². The summed E-state index contributed by atoms with van der Waals surface area (Å²) < 4.78 is 73.0. The van der Waals surface area contributed by atoms with Gasteiger partial charge in [-0.25, -0.2) is 4.57 Å². The summed E-state index contributed by atoms with van der Waals surface area (Å²) in [5, 5.41) is 112. The second kappa shape index (κ2) is 42.8. The van der Waals surface area contributed by atoms with Gasteiger partial charge in [0.05, 0.1) is 91.5 Å². The molecule has 1 saturated carbocycles. The number of phosphoric ester groups is 1. The lowest BCUT2D eigenvalue weighted by Crippen LogP contribution is -2.64. The number of phosphoric acid groups is 1. The molecular formula is C56H99N8O30P. The number of aliphatic hydroxyl groups excluding tert-OH is 9. The highest BCUT2D eigenvalue weighted by molar-refractivity contribution is 7.47. The van der Waals surface area contributed by atoms with Gasteiger partial charge >= 0.3 is 7.82 Å². The van der Waals surface area contributed by atoms with Crippen molar-refractivity contribution in [3.05, 3.63) is 0 Å². The smallest absolute Gasteiger partial charge is 0.394 e. The second-order valence-electron chi connectivity index (χ2n) is 23.1. The van der Waals surface area contributed by atoms with Crippen LogP contribution >= 0.6 is 7.82 Å². The van der Waals surface area contributed by atoms with Crippen LogP contribution in [0.3, 0.4) is 0 Å². The Morgan fingerprint density at radius 1 is 0.484 bits per heavy atom. The largest absolute Gasteiger partial charge is 0.472 e. The lowest BCUT2D eigenvalue weighted by molar-refractivity contribution is -0.272. The highest BCUT2D eigenvalue weighted by Gasteiger charge is 2.48. The summed E-state index contributed by atoms with van der Waals surface area (Å²) in [6.45, 7) is 3.26. The number of amides is 8. The van der Waals surface area contributed by atoms with Crippen molar-refractivity contribution in [3.63, 3.8) is 0 Å². The minimum Gasteiger partial charge on any atom is -0.394 e. The Morgan fingerprint density at radius 2 is 0.842 bits per heavy atom. The number of rotatable bonds is 42. The number of aliphatic hydroxyl groups is 9. The molecule has 3 saturated heterocycles. The molecule has 95 heavy (non-hydrogen) atoms. The van der Waals surface area contributed by atoms with E-state index in [1.807, 2.05) is 0 Å². The lowest BCUT2D eigenvalue weighted by Gasteiger charge is -2.42. The molecule has 548 valence electrons. The Morgan fingerprint density at radius 3 is 1.20 bits per heavy atom. The summed E-state index contributed by atoms with van der Waals surface area (Å²) in [4.78, 5) is 114. The first-order valence-electron chi connectivity index (χ1n) is 31.5. The normalized spacial score (nSPS) is 29.8. The molecule has 1 aliphatic carbocycles. The molecule has 4 aliphatic rings. The first-order chi connectivity index (χ1) is 45.1. The van der Waals surface area contributed by atoms with Gasteiger partial charge in [0.1, 0.15) is 85.1 Å². The summed E-state index contributed by atoms with van der Waals surface area (Å²) in [6.07, 6.45) is -18.6. The van der Waals surface area contributed by atoms with Crippen LogP contribution < -0.4 is 42.5 Å². The van der Waals surface area contributed by atoms with Crippen LogP contribution in [-0.4, -0.2) is 313 Å². The third-order valence-corrected chi connectivity index (χ3v) is 16.5. The molecule has 0 spiro atoms. The van der Waals surface area contributed by atoms with E-state index in [1.54, 1.807) is 13.8 Å². The van der Waals surface area contributed by atoms with E-state index in [1.165, 1.54) is 20.8 Å². The minimum absolute atomic E-state index is 0.0364. The molecule has 4 fully saturated rings. The number of carbonyl (C=O) groups excluding carboxylic acids is 8. The fraction of sp³-hybridized carbons (Fsp3) is 0.857. The van der Waals surface area contributed by atoms with Gasteiger partial charge in [0, 0.05) is 59.2 Å². The highest BCUT2D eigenvalue weighted by Crippen LogP contribution is 2.48. The fourth-order valence-corrected chi connectivity index (χ4v) is 11.6. The van der Waals surface area contributed by atoms with E-state index in [-0.39, 0.29) is 124 Å². The van der Waals surface area contributed by atoms with Gasteiger partial charge in [-0.3, -0.25) is 47.4 Å². The van der Waals surface area contributed by atoms with Crippen LogP contribution in [-0.2, 0) is 94.6 Å². The summed E-state index contributed by atoms with van der Waals surface area (Å²) in [6, 6.07) is -6.31. The van der Waals surface area contributed by atoms with Gasteiger partial charge in [-0.1, -0.05) is 0 Å². The zero-order valence-corrected chi connectivity index (χ0v) is 54.8. The zero-order chi connectivity index (χ0) is 70.4. The molecule has 18 atom stereocenters. The molecule has 8 amide bonds. The lowest BCUT2D eigenvalue weighted by atomic mass is 9.86. The van der Waals surface area contributed by atoms with Crippen molar-refractivity contribution in [1.82, 2.24) is 42.5 Å². The summed E-state index contributed by atoms with van der Waals surface area (Å²) in [7, 11) is -4.40. The van der Waals surface area contributed by atoms with Crippen molar-refractivity contribution in [1.29, 1.82) is 0 Å². The van der Waals surface area contributed by atoms with E-state index in [9.17, 15) is 93.8 Å². The standard InChI is InChI=1S/C56H99N8O30P/c1-29(2)93-95(82,83)94-34-8-6-33(7-9-34)51(79)64-36(53(81)59-16-19-86-22-25-89-56-44(62-32(5)70)50(78)47(75)39(28-67)92-56)11-13-41(72)63-35(52(80)58-15-18-85-21-24-88-55-43(61-31(4)69)49(77)46(74)38(27-66)91-55)10-12-40(71)57-14-17-84-20-23-87-54-42(60-30(3)68)48(76)45(73)37(26-65)90-54/h29,33-39,42-50,54-56,65-67,73-78H,6-28H2,1-5H3,(H,57,71)(H,58,80)(H,59,81)(H,60,68)(H,61,69)(H,62,70)(H,63,72)(H,64,79)(H,82,83)/t33?,34?,35?,36?,37-,38-,39-,42-,43-,44-,45+,46+,47+,48-,49-,50-,54?,55?,56?/m1/s1. The molecule has 4 rings (SSSR count). The van der Waals surface area contributed by atoms with Crippen LogP contribution in [0.4, 0.5) is 0 Å². The average Bonchev–Trinajstić information content (AvgIpc) is 0.828. The van der Waals surface area contributed by atoms with Gasteiger partial charge in [-0.15, -0.1) is 0 Å². The number of ether oxygens (including phenoxy) is 9. The van der Waals surface area contributed by atoms with Gasteiger partial charge in [0.2, 0.25) is 47.3 Å². The van der Waals surface area contributed by atoms with Crippen molar-refractivity contribution >= 4 is 55.1 Å². The van der Waals surface area contributed by atoms with Crippen LogP contribution in [0.2, 0.25) is 0 Å². The molecule has 0 radical (unpaired) electrons. The molecule has 0 aromatic rings. The van der Waals surface area contributed by atoms with Crippen LogP contribution in [0.25, 0.3) is 0 Å². The number of carbonyl (C=O) groups is 8. The maximum absolute atomic E-state index is 13.8. The van der Waals surface area contributed by atoms with E-state index in [2.05, 4.69) is 42.5 Å². The van der Waals surface area contributed by atoms with E-state index in [0.29, 0.717) is 0 Å². The fourth-order valence-electron chi connectivity index (χ4n) is 10.5. The van der Waals surface area contributed by atoms with Crippen LogP contribution in [0.15, 0.2) is 0 Å². The molecule has 18 N–H and O–H groups in total. The number of hydrogen-bond acceptors (Lipinski definition) is 29. The zero-order valence-electron chi connectivity index (χ0n) is 53.9. The predicted molar refractivity (Wildman–Crippen MR) is 321 cm³/mol. The van der Waals surface area contributed by atoms with Crippen molar-refractivity contribution in [2.45, 2.75) is 202 Å². The maximum atomic E-state index is 13.8. The van der Waals surface area contributed by atoms with E-state index >= 15 is 0 Å². The predicted octanol–water partition coefficient (Wildman–Crippen LogP) is -8.10. The SMILES string of the molecule is CC(=O)N[C@H]1C(OCCOCCNC(=O)CCC(NC(=O)CCC(NC(=O)C2CCC(OP(=O)(O)OC(C)C)CC2)C(=O)NCCOCCOC2O[C@H](CO)[C@H](O)[C@H](O)[C@H]2NC(C)=O)C(=O)NCCOCCOC2O[C@H](CO)[C@H](O)[C@H](O)[C@H]2NC(C)=O)O[C@H](CO)[C@H](O)[C@@H]1O. The molecule has 38 nitrogen and oxygen atoms in total. The van der Waals surface area contributed by atoms with E-state index < -0.39 is 203 Å². The molecule has 0 aromatic heterocycles. The Kier molecular flexibility index (Phi) is 37.2. The van der Waals surface area contributed by atoms with E-state index in [4.69, 9.17) is 51.7 Å². The Hall–Kier alpha value is -4.85. The maximum Gasteiger partial charge on any atom is 0.472 e. The third-order valence-electron chi connectivity index (χ3n) is 15.2. The van der Waals surface area contributed by atoms with Gasteiger partial charge in [-0.05, 0) is 52.4 Å². The first kappa shape index (κ1) is 82.6. The summed E-state index contributed by atoms with van der Waals surface area (Å²) in [5.74, 6) is -5.76. The monoisotopic (exact) mass is 1390 g/mol. The summed E-state index contributed by atoms with van der Waals surface area (Å²) >= 11 is 0. The highest BCUT2D eigenvalue weighted by atomic mass is 31.2. The third kappa shape index (κ3) is 28.9. The number of nitrogens with one attached hydrogen (secondary N) is 8. The first-order valence-corrected chi connectivity index (χ1v) is 33.0. The molecule has 3 heterocycles. The van der Waals surface area contributed by atoms with Crippen molar-refractivity contribution < 1.29 is 145 Å². The van der Waals surface area contributed by atoms with Crippen molar-refractivity contribution in [2.75, 3.05) is 98.9 Å². The molecule has 0 aromatic carbocycles. The molecule has 0 bridgehead atoms.